The number of carbonyl (C=O) groups excluding carboxylic acids is 3. The molecule has 0 atom stereocenters. The number of imide groups is 2. The summed E-state index contributed by atoms with van der Waals surface area (Å²) in [5.74, 6) is -0.953. The van der Waals surface area contributed by atoms with Gasteiger partial charge in [-0.05, 0) is 37.3 Å². The molecule has 1 aliphatic rings. The summed E-state index contributed by atoms with van der Waals surface area (Å²) in [5, 5.41) is 2.54. The first-order chi connectivity index (χ1) is 12.5. The van der Waals surface area contributed by atoms with Crippen molar-refractivity contribution in [2.45, 2.75) is 6.92 Å². The molecule has 3 rings (SSSR count). The Labute approximate surface area is 155 Å². The van der Waals surface area contributed by atoms with E-state index in [4.69, 9.17) is 16.3 Å². The highest BCUT2D eigenvalue weighted by molar-refractivity contribution is 6.39. The lowest BCUT2D eigenvalue weighted by atomic mass is 10.1. The molecule has 0 aromatic heterocycles. The minimum absolute atomic E-state index is 0.170. The summed E-state index contributed by atoms with van der Waals surface area (Å²) in [6.45, 7) is 2.27. The second-order valence-corrected chi connectivity index (χ2v) is 5.84. The van der Waals surface area contributed by atoms with Gasteiger partial charge in [-0.15, -0.1) is 0 Å². The van der Waals surface area contributed by atoms with Crippen LogP contribution in [0.2, 0.25) is 5.02 Å². The molecule has 4 amide bonds. The van der Waals surface area contributed by atoms with Crippen LogP contribution in [0.5, 0.6) is 5.75 Å². The number of anilines is 1. The Kier molecular flexibility index (Phi) is 5.04. The summed E-state index contributed by atoms with van der Waals surface area (Å²) >= 11 is 5.94. The van der Waals surface area contributed by atoms with E-state index < -0.39 is 17.8 Å². The summed E-state index contributed by atoms with van der Waals surface area (Å²) in [6, 6.07) is 12.5. The van der Waals surface area contributed by atoms with Crippen LogP contribution >= 0.6 is 11.6 Å². The van der Waals surface area contributed by atoms with Crippen molar-refractivity contribution in [2.24, 2.45) is 0 Å². The van der Waals surface area contributed by atoms with E-state index in [1.807, 2.05) is 6.92 Å². The fourth-order valence-electron chi connectivity index (χ4n) is 2.55. The van der Waals surface area contributed by atoms with Crippen molar-refractivity contribution < 1.29 is 19.1 Å². The predicted octanol–water partition coefficient (Wildman–Crippen LogP) is 3.41. The molecule has 0 spiro atoms. The van der Waals surface area contributed by atoms with Crippen LogP contribution in [0.25, 0.3) is 6.08 Å². The van der Waals surface area contributed by atoms with E-state index in [9.17, 15) is 14.4 Å². The number of carbonyl (C=O) groups is 3. The number of ether oxygens (including phenoxy) is 1. The van der Waals surface area contributed by atoms with Gasteiger partial charge in [0.1, 0.15) is 11.3 Å². The summed E-state index contributed by atoms with van der Waals surface area (Å²) in [6.07, 6.45) is 1.41. The van der Waals surface area contributed by atoms with E-state index in [2.05, 4.69) is 5.32 Å². The van der Waals surface area contributed by atoms with Gasteiger partial charge in [-0.1, -0.05) is 35.9 Å². The smallest absolute Gasteiger partial charge is 0.335 e. The Hall–Kier alpha value is -3.12. The number of para-hydroxylation sites is 1. The standard InChI is InChI=1S/C19H15ClN2O4/c1-2-26-16-9-4-3-6-12(16)10-15-17(23)21-19(25)22(18(15)24)14-8-5-7-13(20)11-14/h3-11H,2H2,1H3,(H,21,23,25)/b15-10+. The molecular formula is C19H15ClN2O4. The molecule has 1 aliphatic heterocycles. The largest absolute Gasteiger partial charge is 0.493 e. The van der Waals surface area contributed by atoms with Gasteiger partial charge in [-0.25, -0.2) is 9.69 Å². The number of benzene rings is 2. The van der Waals surface area contributed by atoms with Crippen LogP contribution in [0, 0.1) is 0 Å². The van der Waals surface area contributed by atoms with E-state index in [0.29, 0.717) is 22.9 Å². The van der Waals surface area contributed by atoms with Crippen molar-refractivity contribution in [1.29, 1.82) is 0 Å². The molecule has 0 unspecified atom stereocenters. The van der Waals surface area contributed by atoms with E-state index in [0.717, 1.165) is 4.90 Å². The number of hydrogen-bond donors (Lipinski definition) is 1. The van der Waals surface area contributed by atoms with Crippen LogP contribution in [-0.4, -0.2) is 24.5 Å². The first-order valence-electron chi connectivity index (χ1n) is 7.90. The minimum Gasteiger partial charge on any atom is -0.493 e. The number of hydrogen-bond acceptors (Lipinski definition) is 4. The molecule has 0 saturated carbocycles. The number of amides is 4. The monoisotopic (exact) mass is 370 g/mol. The van der Waals surface area contributed by atoms with Gasteiger partial charge in [0.15, 0.2) is 0 Å². The molecular weight excluding hydrogens is 356 g/mol. The van der Waals surface area contributed by atoms with Gasteiger partial charge in [0.05, 0.1) is 12.3 Å². The fourth-order valence-corrected chi connectivity index (χ4v) is 2.73. The van der Waals surface area contributed by atoms with Crippen LogP contribution in [0.4, 0.5) is 10.5 Å². The number of urea groups is 1. The Morgan fingerprint density at radius 2 is 1.88 bits per heavy atom. The summed E-state index contributed by atoms with van der Waals surface area (Å²) in [7, 11) is 0. The molecule has 26 heavy (non-hydrogen) atoms. The van der Waals surface area contributed by atoms with Crippen molar-refractivity contribution >= 4 is 41.2 Å². The molecule has 1 heterocycles. The van der Waals surface area contributed by atoms with Crippen molar-refractivity contribution in [1.82, 2.24) is 5.32 Å². The van der Waals surface area contributed by atoms with E-state index in [-0.39, 0.29) is 11.3 Å². The molecule has 2 aromatic rings. The molecule has 7 heteroatoms. The average molecular weight is 371 g/mol. The summed E-state index contributed by atoms with van der Waals surface area (Å²) in [4.78, 5) is 38.1. The Morgan fingerprint density at radius 1 is 1.12 bits per heavy atom. The van der Waals surface area contributed by atoms with Crippen molar-refractivity contribution in [3.05, 3.63) is 64.7 Å². The molecule has 1 saturated heterocycles. The highest BCUT2D eigenvalue weighted by Gasteiger charge is 2.37. The molecule has 0 radical (unpaired) electrons. The minimum atomic E-state index is -0.822. The zero-order chi connectivity index (χ0) is 18.7. The number of rotatable bonds is 4. The molecule has 132 valence electrons. The Bertz CT molecular complexity index is 923. The molecule has 1 fully saturated rings. The fraction of sp³-hybridized carbons (Fsp3) is 0.105. The summed E-state index contributed by atoms with van der Waals surface area (Å²) < 4.78 is 5.51. The van der Waals surface area contributed by atoms with Crippen molar-refractivity contribution in [3.63, 3.8) is 0 Å². The van der Waals surface area contributed by atoms with E-state index >= 15 is 0 Å². The molecule has 0 bridgehead atoms. The molecule has 6 nitrogen and oxygen atoms in total. The lowest BCUT2D eigenvalue weighted by Crippen LogP contribution is -2.54. The zero-order valence-electron chi connectivity index (χ0n) is 13.9. The van der Waals surface area contributed by atoms with Gasteiger partial charge in [-0.3, -0.25) is 14.9 Å². The number of barbiturate groups is 1. The highest BCUT2D eigenvalue weighted by atomic mass is 35.5. The van der Waals surface area contributed by atoms with Gasteiger partial charge >= 0.3 is 6.03 Å². The maximum absolute atomic E-state index is 12.8. The van der Waals surface area contributed by atoms with Crippen LogP contribution in [0.3, 0.4) is 0 Å². The van der Waals surface area contributed by atoms with Gasteiger partial charge in [0.25, 0.3) is 11.8 Å². The second-order valence-electron chi connectivity index (χ2n) is 5.41. The normalized spacial score (nSPS) is 16.0. The lowest BCUT2D eigenvalue weighted by Gasteiger charge is -2.26. The number of halogens is 1. The van der Waals surface area contributed by atoms with Crippen LogP contribution in [0.1, 0.15) is 12.5 Å². The van der Waals surface area contributed by atoms with Gasteiger partial charge in [-0.2, -0.15) is 0 Å². The third kappa shape index (κ3) is 3.45. The highest BCUT2D eigenvalue weighted by Crippen LogP contribution is 2.26. The van der Waals surface area contributed by atoms with Crippen molar-refractivity contribution in [3.8, 4) is 5.75 Å². The Morgan fingerprint density at radius 3 is 2.62 bits per heavy atom. The SMILES string of the molecule is CCOc1ccccc1/C=C1\C(=O)NC(=O)N(c2cccc(Cl)c2)C1=O. The van der Waals surface area contributed by atoms with E-state index in [1.54, 1.807) is 42.5 Å². The van der Waals surface area contributed by atoms with Crippen LogP contribution in [-0.2, 0) is 9.59 Å². The van der Waals surface area contributed by atoms with E-state index in [1.165, 1.54) is 12.1 Å². The average Bonchev–Trinajstić information content (AvgIpc) is 2.60. The van der Waals surface area contributed by atoms with Crippen LogP contribution < -0.4 is 15.0 Å². The Balaban J connectivity index is 2.03. The van der Waals surface area contributed by atoms with Crippen LogP contribution in [0.15, 0.2) is 54.1 Å². The van der Waals surface area contributed by atoms with Crippen molar-refractivity contribution in [2.75, 3.05) is 11.5 Å². The number of nitrogens with zero attached hydrogens (tertiary/aromatic N) is 1. The molecule has 1 N–H and O–H groups in total. The van der Waals surface area contributed by atoms with Gasteiger partial charge in [0, 0.05) is 10.6 Å². The van der Waals surface area contributed by atoms with Gasteiger partial charge in [0.2, 0.25) is 0 Å². The molecule has 0 aliphatic carbocycles. The quantitative estimate of drug-likeness (QED) is 0.661. The third-order valence-corrected chi connectivity index (χ3v) is 3.92. The topological polar surface area (TPSA) is 75.7 Å². The summed E-state index contributed by atoms with van der Waals surface area (Å²) in [5.41, 5.74) is 0.668. The maximum Gasteiger partial charge on any atom is 0.335 e. The molecule has 2 aromatic carbocycles. The third-order valence-electron chi connectivity index (χ3n) is 3.69. The second kappa shape index (κ2) is 7.41. The predicted molar refractivity (Wildman–Crippen MR) is 98.1 cm³/mol. The van der Waals surface area contributed by atoms with Gasteiger partial charge < -0.3 is 4.74 Å². The lowest BCUT2D eigenvalue weighted by molar-refractivity contribution is -0.122. The number of nitrogens with one attached hydrogen (secondary N) is 1. The first kappa shape index (κ1) is 17.7. The zero-order valence-corrected chi connectivity index (χ0v) is 14.6. The first-order valence-corrected chi connectivity index (χ1v) is 8.28. The maximum atomic E-state index is 12.8.